The zero-order valence-corrected chi connectivity index (χ0v) is 15.2. The van der Waals surface area contributed by atoms with Crippen LogP contribution in [0.25, 0.3) is 0 Å². The van der Waals surface area contributed by atoms with Gasteiger partial charge in [0.1, 0.15) is 0 Å². The van der Waals surface area contributed by atoms with E-state index in [9.17, 15) is 13.2 Å². The second-order valence-corrected chi connectivity index (χ2v) is 8.17. The van der Waals surface area contributed by atoms with Crippen LogP contribution < -0.4 is 4.31 Å². The van der Waals surface area contributed by atoms with Gasteiger partial charge in [-0.2, -0.15) is 0 Å². The summed E-state index contributed by atoms with van der Waals surface area (Å²) >= 11 is 0. The molecule has 0 radical (unpaired) electrons. The van der Waals surface area contributed by atoms with Crippen LogP contribution in [-0.4, -0.2) is 27.8 Å². The summed E-state index contributed by atoms with van der Waals surface area (Å²) in [6, 6.07) is 12.7. The summed E-state index contributed by atoms with van der Waals surface area (Å²) in [6.07, 6.45) is 4.38. The van der Waals surface area contributed by atoms with E-state index in [4.69, 9.17) is 0 Å². The smallest absolute Gasteiger partial charge is 0.337 e. The van der Waals surface area contributed by atoms with Crippen molar-refractivity contribution < 1.29 is 17.9 Å². The van der Waals surface area contributed by atoms with Gasteiger partial charge in [-0.15, -0.1) is 0 Å². The molecule has 0 heterocycles. The van der Waals surface area contributed by atoms with Crippen molar-refractivity contribution in [3.05, 3.63) is 64.7 Å². The number of anilines is 1. The average molecular weight is 359 g/mol. The van der Waals surface area contributed by atoms with E-state index in [-0.39, 0.29) is 6.54 Å². The molecule has 5 nitrogen and oxygen atoms in total. The Balaban J connectivity index is 1.89. The third-order valence-electron chi connectivity index (χ3n) is 4.47. The lowest BCUT2D eigenvalue weighted by molar-refractivity contribution is 0.0600. The number of nitrogens with zero attached hydrogens (tertiary/aromatic N) is 1. The van der Waals surface area contributed by atoms with Gasteiger partial charge >= 0.3 is 5.97 Å². The third kappa shape index (κ3) is 3.85. The summed E-state index contributed by atoms with van der Waals surface area (Å²) in [5, 5.41) is 0. The number of aryl methyl sites for hydroxylation is 2. The van der Waals surface area contributed by atoms with Crippen LogP contribution in [0.4, 0.5) is 5.69 Å². The molecule has 1 aliphatic carbocycles. The zero-order chi connectivity index (χ0) is 18.0. The fourth-order valence-electron chi connectivity index (χ4n) is 3.14. The number of hydrogen-bond donors (Lipinski definition) is 0. The normalized spacial score (nSPS) is 13.4. The Morgan fingerprint density at radius 1 is 1.08 bits per heavy atom. The Morgan fingerprint density at radius 3 is 2.40 bits per heavy atom. The van der Waals surface area contributed by atoms with Crippen molar-refractivity contribution in [3.8, 4) is 0 Å². The van der Waals surface area contributed by atoms with Gasteiger partial charge in [-0.25, -0.2) is 13.2 Å². The molecule has 2 aromatic rings. The minimum atomic E-state index is -3.42. The maximum Gasteiger partial charge on any atom is 0.337 e. The Bertz CT molecular complexity index is 888. The van der Waals surface area contributed by atoms with Gasteiger partial charge in [-0.3, -0.25) is 4.31 Å². The van der Waals surface area contributed by atoms with E-state index in [1.54, 1.807) is 24.3 Å². The number of sulfonamides is 1. The lowest BCUT2D eigenvalue weighted by atomic mass is 10.1. The number of esters is 1. The van der Waals surface area contributed by atoms with E-state index in [1.165, 1.54) is 28.8 Å². The number of ether oxygens (including phenoxy) is 1. The fourth-order valence-corrected chi connectivity index (χ4v) is 4.02. The summed E-state index contributed by atoms with van der Waals surface area (Å²) in [6.45, 7) is 0.221. The van der Waals surface area contributed by atoms with Crippen LogP contribution in [0.3, 0.4) is 0 Å². The molecule has 1 aliphatic rings. The molecular formula is C19H21NO4S. The Labute approximate surface area is 148 Å². The number of carbonyl (C=O) groups is 1. The molecule has 6 heteroatoms. The van der Waals surface area contributed by atoms with E-state index in [0.717, 1.165) is 24.8 Å². The first-order valence-electron chi connectivity index (χ1n) is 8.15. The van der Waals surface area contributed by atoms with Crippen molar-refractivity contribution in [2.24, 2.45) is 0 Å². The van der Waals surface area contributed by atoms with Crippen molar-refractivity contribution in [1.29, 1.82) is 0 Å². The number of benzene rings is 2. The topological polar surface area (TPSA) is 63.7 Å². The standard InChI is InChI=1S/C19H21NO4S/c1-24-19(21)16-8-6-14(7-9-16)13-20(25(2,22)23)18-11-10-15-4-3-5-17(15)12-18/h6-12H,3-5,13H2,1-2H3. The highest BCUT2D eigenvalue weighted by molar-refractivity contribution is 7.92. The quantitative estimate of drug-likeness (QED) is 0.770. The van der Waals surface area contributed by atoms with E-state index in [1.807, 2.05) is 18.2 Å². The monoisotopic (exact) mass is 359 g/mol. The molecule has 0 N–H and O–H groups in total. The Morgan fingerprint density at radius 2 is 1.76 bits per heavy atom. The predicted octanol–water partition coefficient (Wildman–Crippen LogP) is 2.93. The number of hydrogen-bond acceptors (Lipinski definition) is 4. The second-order valence-electron chi connectivity index (χ2n) is 6.26. The molecular weight excluding hydrogens is 338 g/mol. The first-order chi connectivity index (χ1) is 11.9. The van der Waals surface area contributed by atoms with Crippen LogP contribution in [0.1, 0.15) is 33.5 Å². The summed E-state index contributed by atoms with van der Waals surface area (Å²) < 4.78 is 30.7. The van der Waals surface area contributed by atoms with E-state index < -0.39 is 16.0 Å². The molecule has 2 aromatic carbocycles. The molecule has 0 bridgehead atoms. The van der Waals surface area contributed by atoms with Crippen LogP contribution >= 0.6 is 0 Å². The molecule has 0 atom stereocenters. The van der Waals surface area contributed by atoms with Gasteiger partial charge in [0.15, 0.2) is 0 Å². The van der Waals surface area contributed by atoms with Gasteiger partial charge in [0.2, 0.25) is 10.0 Å². The van der Waals surface area contributed by atoms with Gasteiger partial charge < -0.3 is 4.74 Å². The summed E-state index contributed by atoms with van der Waals surface area (Å²) in [4.78, 5) is 11.5. The number of carbonyl (C=O) groups excluding carboxylic acids is 1. The predicted molar refractivity (Wildman–Crippen MR) is 97.3 cm³/mol. The summed E-state index contributed by atoms with van der Waals surface area (Å²) in [5.74, 6) is -0.412. The van der Waals surface area contributed by atoms with Crippen LogP contribution in [0.15, 0.2) is 42.5 Å². The van der Waals surface area contributed by atoms with Crippen LogP contribution in [0.2, 0.25) is 0 Å². The Hall–Kier alpha value is -2.34. The average Bonchev–Trinajstić information content (AvgIpc) is 3.06. The zero-order valence-electron chi connectivity index (χ0n) is 14.4. The van der Waals surface area contributed by atoms with Crippen molar-refractivity contribution in [2.75, 3.05) is 17.7 Å². The minimum absolute atomic E-state index is 0.221. The van der Waals surface area contributed by atoms with Crippen LogP contribution in [0.5, 0.6) is 0 Å². The molecule has 25 heavy (non-hydrogen) atoms. The SMILES string of the molecule is COC(=O)c1ccc(CN(c2ccc3c(c2)CCC3)S(C)(=O)=O)cc1. The van der Waals surface area contributed by atoms with E-state index in [2.05, 4.69) is 4.74 Å². The molecule has 0 unspecified atom stereocenters. The molecule has 0 saturated heterocycles. The van der Waals surface area contributed by atoms with E-state index >= 15 is 0 Å². The molecule has 132 valence electrons. The van der Waals surface area contributed by atoms with Crippen molar-refractivity contribution in [1.82, 2.24) is 0 Å². The second kappa shape index (κ2) is 6.88. The van der Waals surface area contributed by atoms with Gasteiger partial charge in [0.25, 0.3) is 0 Å². The van der Waals surface area contributed by atoms with Gasteiger partial charge in [-0.1, -0.05) is 18.2 Å². The first kappa shape index (κ1) is 17.5. The molecule has 0 amide bonds. The molecule has 0 fully saturated rings. The van der Waals surface area contributed by atoms with Crippen molar-refractivity contribution in [3.63, 3.8) is 0 Å². The van der Waals surface area contributed by atoms with Crippen molar-refractivity contribution in [2.45, 2.75) is 25.8 Å². The van der Waals surface area contributed by atoms with Crippen LogP contribution in [0, 0.1) is 0 Å². The fraction of sp³-hybridized carbons (Fsp3) is 0.316. The number of methoxy groups -OCH3 is 1. The highest BCUT2D eigenvalue weighted by Gasteiger charge is 2.20. The number of rotatable bonds is 5. The lowest BCUT2D eigenvalue weighted by Gasteiger charge is -2.23. The molecule has 0 aliphatic heterocycles. The lowest BCUT2D eigenvalue weighted by Crippen LogP contribution is -2.29. The number of fused-ring (bicyclic) bond motifs is 1. The Kier molecular flexibility index (Phi) is 4.81. The van der Waals surface area contributed by atoms with Gasteiger partial charge in [0, 0.05) is 0 Å². The largest absolute Gasteiger partial charge is 0.465 e. The summed E-state index contributed by atoms with van der Waals surface area (Å²) in [5.41, 5.74) is 4.46. The molecule has 3 rings (SSSR count). The first-order valence-corrected chi connectivity index (χ1v) is 10.00. The maximum absolute atomic E-state index is 12.3. The highest BCUT2D eigenvalue weighted by Crippen LogP contribution is 2.29. The van der Waals surface area contributed by atoms with Gasteiger partial charge in [-0.05, 0) is 60.2 Å². The van der Waals surface area contributed by atoms with Gasteiger partial charge in [0.05, 0.1) is 31.2 Å². The molecule has 0 aromatic heterocycles. The van der Waals surface area contributed by atoms with E-state index in [0.29, 0.717) is 11.3 Å². The highest BCUT2D eigenvalue weighted by atomic mass is 32.2. The molecule has 0 saturated carbocycles. The van der Waals surface area contributed by atoms with Crippen molar-refractivity contribution >= 4 is 21.7 Å². The minimum Gasteiger partial charge on any atom is -0.465 e. The molecule has 0 spiro atoms. The summed E-state index contributed by atoms with van der Waals surface area (Å²) in [7, 11) is -2.09. The third-order valence-corrected chi connectivity index (χ3v) is 5.61. The maximum atomic E-state index is 12.3. The van der Waals surface area contributed by atoms with Crippen LogP contribution in [-0.2, 0) is 34.1 Å².